The third-order valence-corrected chi connectivity index (χ3v) is 3.97. The summed E-state index contributed by atoms with van der Waals surface area (Å²) in [7, 11) is 2.16. The van der Waals surface area contributed by atoms with Crippen LogP contribution in [0.3, 0.4) is 0 Å². The molecule has 4 heteroatoms. The lowest BCUT2D eigenvalue weighted by atomic mass is 10.1. The number of rotatable bonds is 2. The normalized spacial score (nSPS) is 16.4. The Hall–Kier alpha value is -1.58. The van der Waals surface area contributed by atoms with Gasteiger partial charge in [0.1, 0.15) is 5.82 Å². The molecule has 3 rings (SSSR count). The van der Waals surface area contributed by atoms with Crippen molar-refractivity contribution in [2.45, 2.75) is 0 Å². The number of anilines is 1. The minimum absolute atomic E-state index is 0.755. The molecule has 1 aliphatic rings. The summed E-state index contributed by atoms with van der Waals surface area (Å²) in [5, 5.41) is 0.755. The van der Waals surface area contributed by atoms with Crippen LogP contribution in [0.5, 0.6) is 0 Å². The van der Waals surface area contributed by atoms with Gasteiger partial charge in [0.2, 0.25) is 0 Å². The van der Waals surface area contributed by atoms with Crippen LogP contribution in [-0.2, 0) is 0 Å². The van der Waals surface area contributed by atoms with Crippen molar-refractivity contribution in [3.63, 3.8) is 0 Å². The first-order valence-electron chi connectivity index (χ1n) is 6.88. The summed E-state index contributed by atoms with van der Waals surface area (Å²) in [6.45, 7) is 4.27. The van der Waals surface area contributed by atoms with Crippen LogP contribution in [-0.4, -0.2) is 43.1 Å². The van der Waals surface area contributed by atoms with Crippen molar-refractivity contribution in [2.75, 3.05) is 38.1 Å². The van der Waals surface area contributed by atoms with E-state index in [1.165, 1.54) is 0 Å². The van der Waals surface area contributed by atoms with Gasteiger partial charge in [0.15, 0.2) is 0 Å². The minimum atomic E-state index is 0.755. The van der Waals surface area contributed by atoms with Crippen molar-refractivity contribution >= 4 is 17.4 Å². The molecular weight excluding hydrogens is 270 g/mol. The van der Waals surface area contributed by atoms with Crippen molar-refractivity contribution in [1.29, 1.82) is 0 Å². The fraction of sp³-hybridized carbons (Fsp3) is 0.312. The summed E-state index contributed by atoms with van der Waals surface area (Å²) in [6.07, 6.45) is 1.93. The van der Waals surface area contributed by atoms with E-state index in [1.54, 1.807) is 0 Å². The van der Waals surface area contributed by atoms with Crippen molar-refractivity contribution in [2.24, 2.45) is 0 Å². The highest BCUT2D eigenvalue weighted by Crippen LogP contribution is 2.24. The Kier molecular flexibility index (Phi) is 3.90. The van der Waals surface area contributed by atoms with Crippen LogP contribution >= 0.6 is 11.6 Å². The number of halogens is 1. The maximum Gasteiger partial charge on any atom is 0.128 e. The molecule has 0 amide bonds. The fourth-order valence-electron chi connectivity index (χ4n) is 2.45. The molecule has 0 radical (unpaired) electrons. The predicted octanol–water partition coefficient (Wildman–Crippen LogP) is 3.15. The Balaban J connectivity index is 1.78. The van der Waals surface area contributed by atoms with E-state index < -0.39 is 0 Å². The molecule has 1 aliphatic heterocycles. The van der Waals surface area contributed by atoms with Crippen molar-refractivity contribution in [3.05, 3.63) is 47.6 Å². The second-order valence-electron chi connectivity index (χ2n) is 5.21. The van der Waals surface area contributed by atoms with E-state index in [-0.39, 0.29) is 0 Å². The molecule has 1 aromatic heterocycles. The molecular formula is C16H18ClN3. The molecule has 0 unspecified atom stereocenters. The van der Waals surface area contributed by atoms with Crippen molar-refractivity contribution in [1.82, 2.24) is 9.88 Å². The van der Waals surface area contributed by atoms with E-state index in [9.17, 15) is 0 Å². The largest absolute Gasteiger partial charge is 0.354 e. The number of benzene rings is 1. The van der Waals surface area contributed by atoms with Gasteiger partial charge in [0, 0.05) is 43.0 Å². The third kappa shape index (κ3) is 2.94. The first kappa shape index (κ1) is 13.4. The van der Waals surface area contributed by atoms with E-state index in [0.717, 1.165) is 48.1 Å². The highest BCUT2D eigenvalue weighted by atomic mass is 35.5. The summed E-state index contributed by atoms with van der Waals surface area (Å²) in [4.78, 5) is 9.28. The monoisotopic (exact) mass is 287 g/mol. The van der Waals surface area contributed by atoms with Gasteiger partial charge in [-0.25, -0.2) is 4.98 Å². The standard InChI is InChI=1S/C16H18ClN3/c1-19-7-9-20(10-8-19)16-6-5-14(12-18-16)13-3-2-4-15(17)11-13/h2-6,11-12H,7-10H2,1H3. The van der Waals surface area contributed by atoms with E-state index in [1.807, 2.05) is 24.4 Å². The molecule has 2 aromatic rings. The van der Waals surface area contributed by atoms with Gasteiger partial charge >= 0.3 is 0 Å². The van der Waals surface area contributed by atoms with Crippen LogP contribution in [0.15, 0.2) is 42.6 Å². The van der Waals surface area contributed by atoms with E-state index in [4.69, 9.17) is 11.6 Å². The van der Waals surface area contributed by atoms with E-state index >= 15 is 0 Å². The molecule has 0 bridgehead atoms. The number of hydrogen-bond acceptors (Lipinski definition) is 3. The highest BCUT2D eigenvalue weighted by molar-refractivity contribution is 6.30. The van der Waals surface area contributed by atoms with Gasteiger partial charge < -0.3 is 9.80 Å². The van der Waals surface area contributed by atoms with Gasteiger partial charge in [-0.1, -0.05) is 23.7 Å². The van der Waals surface area contributed by atoms with Gasteiger partial charge in [-0.2, -0.15) is 0 Å². The molecule has 1 aromatic carbocycles. The molecule has 1 saturated heterocycles. The maximum absolute atomic E-state index is 6.03. The molecule has 3 nitrogen and oxygen atoms in total. The molecule has 0 aliphatic carbocycles. The molecule has 0 saturated carbocycles. The summed E-state index contributed by atoms with van der Waals surface area (Å²) in [5.74, 6) is 1.06. The molecule has 0 atom stereocenters. The van der Waals surface area contributed by atoms with Crippen molar-refractivity contribution in [3.8, 4) is 11.1 Å². The SMILES string of the molecule is CN1CCN(c2ccc(-c3cccc(Cl)c3)cn2)CC1. The fourth-order valence-corrected chi connectivity index (χ4v) is 2.64. The Morgan fingerprint density at radius 3 is 2.45 bits per heavy atom. The topological polar surface area (TPSA) is 19.4 Å². The number of hydrogen-bond donors (Lipinski definition) is 0. The predicted molar refractivity (Wildman–Crippen MR) is 84.4 cm³/mol. The van der Waals surface area contributed by atoms with Crippen LogP contribution in [0.25, 0.3) is 11.1 Å². The zero-order chi connectivity index (χ0) is 13.9. The quantitative estimate of drug-likeness (QED) is 0.846. The summed E-state index contributed by atoms with van der Waals surface area (Å²) < 4.78 is 0. The second-order valence-corrected chi connectivity index (χ2v) is 5.64. The van der Waals surface area contributed by atoms with Crippen LogP contribution in [0.2, 0.25) is 5.02 Å². The summed E-state index contributed by atoms with van der Waals surface area (Å²) >= 11 is 6.03. The molecule has 0 N–H and O–H groups in total. The minimum Gasteiger partial charge on any atom is -0.354 e. The van der Waals surface area contributed by atoms with Crippen molar-refractivity contribution < 1.29 is 0 Å². The van der Waals surface area contributed by atoms with E-state index in [0.29, 0.717) is 0 Å². The number of nitrogens with zero attached hydrogens (tertiary/aromatic N) is 3. The Bertz CT molecular complexity index is 575. The van der Waals surface area contributed by atoms with Crippen LogP contribution in [0, 0.1) is 0 Å². The molecule has 2 heterocycles. The molecule has 1 fully saturated rings. The average molecular weight is 288 g/mol. The van der Waals surface area contributed by atoms with Gasteiger partial charge in [-0.05, 0) is 36.9 Å². The highest BCUT2D eigenvalue weighted by Gasteiger charge is 2.14. The van der Waals surface area contributed by atoms with Gasteiger partial charge in [0.25, 0.3) is 0 Å². The van der Waals surface area contributed by atoms with E-state index in [2.05, 4.69) is 40.0 Å². The molecule has 20 heavy (non-hydrogen) atoms. The number of aromatic nitrogens is 1. The first-order chi connectivity index (χ1) is 9.72. The van der Waals surface area contributed by atoms with Gasteiger partial charge in [0.05, 0.1) is 0 Å². The van der Waals surface area contributed by atoms with Gasteiger partial charge in [-0.15, -0.1) is 0 Å². The van der Waals surface area contributed by atoms with Crippen LogP contribution in [0.4, 0.5) is 5.82 Å². The summed E-state index contributed by atoms with van der Waals surface area (Å²) in [6, 6.07) is 12.1. The van der Waals surface area contributed by atoms with Crippen LogP contribution in [0.1, 0.15) is 0 Å². The Morgan fingerprint density at radius 1 is 1.00 bits per heavy atom. The molecule has 104 valence electrons. The third-order valence-electron chi connectivity index (χ3n) is 3.73. The lowest BCUT2D eigenvalue weighted by Gasteiger charge is -2.33. The Morgan fingerprint density at radius 2 is 1.80 bits per heavy atom. The zero-order valence-corrected chi connectivity index (χ0v) is 12.3. The summed E-state index contributed by atoms with van der Waals surface area (Å²) in [5.41, 5.74) is 2.21. The average Bonchev–Trinajstić information content (AvgIpc) is 2.48. The lowest BCUT2D eigenvalue weighted by molar-refractivity contribution is 0.312. The number of likely N-dealkylation sites (N-methyl/N-ethyl adjacent to an activating group) is 1. The number of piperazine rings is 1. The first-order valence-corrected chi connectivity index (χ1v) is 7.26. The second kappa shape index (κ2) is 5.81. The lowest BCUT2D eigenvalue weighted by Crippen LogP contribution is -2.44. The number of pyridine rings is 1. The van der Waals surface area contributed by atoms with Gasteiger partial charge in [-0.3, -0.25) is 0 Å². The van der Waals surface area contributed by atoms with Crippen LogP contribution < -0.4 is 4.90 Å². The smallest absolute Gasteiger partial charge is 0.128 e. The maximum atomic E-state index is 6.03. The molecule has 0 spiro atoms. The zero-order valence-electron chi connectivity index (χ0n) is 11.6. The Labute approximate surface area is 124 Å².